The van der Waals surface area contributed by atoms with Crippen LogP contribution in [0.25, 0.3) is 11.1 Å². The number of phenols is 1. The fraction of sp³-hybridized carbons (Fsp3) is 0.217. The number of hydrogen-bond acceptors (Lipinski definition) is 4. The topological polar surface area (TPSA) is 86.6 Å². The minimum atomic E-state index is -4.24. The molecule has 0 fully saturated rings. The van der Waals surface area contributed by atoms with Crippen LogP contribution in [0.2, 0.25) is 0 Å². The maximum Gasteiger partial charge on any atom is 0.294 e. The molecule has 3 aromatic rings. The molecule has 0 saturated carbocycles. The predicted octanol–water partition coefficient (Wildman–Crippen LogP) is 5.14. The molecule has 29 heavy (non-hydrogen) atoms. The molecule has 0 amide bonds. The number of phenolic OH excluding ortho intramolecular Hbond substituents is 1. The Bertz CT molecular complexity index is 1180. The third kappa shape index (κ3) is 3.73. The van der Waals surface area contributed by atoms with Crippen molar-refractivity contribution in [2.24, 2.45) is 0 Å². The second kappa shape index (κ2) is 6.90. The highest BCUT2D eigenvalue weighted by Gasteiger charge is 2.34. The van der Waals surface area contributed by atoms with Crippen molar-refractivity contribution < 1.29 is 18.1 Å². The number of rotatable bonds is 3. The number of para-hydroxylation sites is 1. The molecule has 1 aliphatic rings. The average Bonchev–Trinajstić information content (AvgIpc) is 2.67. The molecule has 1 unspecified atom stereocenters. The number of anilines is 1. The zero-order chi connectivity index (χ0) is 20.8. The van der Waals surface area contributed by atoms with Crippen LogP contribution in [-0.4, -0.2) is 18.1 Å². The summed E-state index contributed by atoms with van der Waals surface area (Å²) >= 11 is 0. The first-order valence-electron chi connectivity index (χ1n) is 9.42. The van der Waals surface area contributed by atoms with Crippen molar-refractivity contribution in [3.05, 3.63) is 77.9 Å². The number of benzene rings is 3. The lowest BCUT2D eigenvalue weighted by atomic mass is 9.74. The summed E-state index contributed by atoms with van der Waals surface area (Å²) in [6, 6.07) is 20.0. The molecule has 0 aliphatic carbocycles. The van der Waals surface area contributed by atoms with Crippen molar-refractivity contribution >= 4 is 15.8 Å². The summed E-state index contributed by atoms with van der Waals surface area (Å²) in [5, 5.41) is 13.7. The molecule has 1 heterocycles. The molecule has 1 aliphatic heterocycles. The molecule has 0 spiro atoms. The predicted molar refractivity (Wildman–Crippen MR) is 114 cm³/mol. The number of aromatic hydroxyl groups is 1. The second-order valence-corrected chi connectivity index (χ2v) is 9.53. The van der Waals surface area contributed by atoms with Gasteiger partial charge in [0.05, 0.1) is 10.9 Å². The van der Waals surface area contributed by atoms with Gasteiger partial charge in [-0.1, -0.05) is 50.2 Å². The highest BCUT2D eigenvalue weighted by Crippen LogP contribution is 2.45. The Labute approximate surface area is 170 Å². The number of hydrogen-bond donors (Lipinski definition) is 3. The van der Waals surface area contributed by atoms with Gasteiger partial charge in [-0.15, -0.1) is 0 Å². The molecule has 6 heteroatoms. The summed E-state index contributed by atoms with van der Waals surface area (Å²) in [7, 11) is -4.24. The lowest BCUT2D eigenvalue weighted by Crippen LogP contribution is -2.31. The Morgan fingerprint density at radius 1 is 1.00 bits per heavy atom. The normalized spacial score (nSPS) is 18.0. The molecule has 0 saturated heterocycles. The van der Waals surface area contributed by atoms with Gasteiger partial charge in [0.25, 0.3) is 10.1 Å². The largest absolute Gasteiger partial charge is 0.507 e. The minimum absolute atomic E-state index is 0.0277. The summed E-state index contributed by atoms with van der Waals surface area (Å²) in [6.07, 6.45) is 0.749. The smallest absolute Gasteiger partial charge is 0.294 e. The van der Waals surface area contributed by atoms with Crippen molar-refractivity contribution in [3.8, 4) is 16.9 Å². The third-order valence-electron chi connectivity index (χ3n) is 5.57. The summed E-state index contributed by atoms with van der Waals surface area (Å²) in [5.74, 6) is 0.240. The third-order valence-corrected chi connectivity index (χ3v) is 6.42. The van der Waals surface area contributed by atoms with Crippen LogP contribution in [-0.2, 0) is 15.5 Å². The summed E-state index contributed by atoms with van der Waals surface area (Å²) in [5.41, 5.74) is 4.22. The van der Waals surface area contributed by atoms with Crippen LogP contribution in [0, 0.1) is 0 Å². The molecular weight excluding hydrogens is 386 g/mol. The van der Waals surface area contributed by atoms with Crippen LogP contribution in [0.5, 0.6) is 5.75 Å². The zero-order valence-electron chi connectivity index (χ0n) is 16.3. The number of nitrogens with one attached hydrogen (secondary N) is 1. The van der Waals surface area contributed by atoms with Gasteiger partial charge in [0.1, 0.15) is 5.75 Å². The van der Waals surface area contributed by atoms with Gasteiger partial charge in [0, 0.05) is 11.3 Å². The van der Waals surface area contributed by atoms with Crippen LogP contribution in [0.1, 0.15) is 37.4 Å². The zero-order valence-corrected chi connectivity index (χ0v) is 17.1. The Balaban J connectivity index is 1.72. The average molecular weight is 410 g/mol. The van der Waals surface area contributed by atoms with Gasteiger partial charge in [-0.25, -0.2) is 0 Å². The summed E-state index contributed by atoms with van der Waals surface area (Å²) < 4.78 is 32.4. The van der Waals surface area contributed by atoms with Crippen LogP contribution < -0.4 is 5.32 Å². The molecule has 5 nitrogen and oxygen atoms in total. The molecule has 0 aromatic heterocycles. The highest BCUT2D eigenvalue weighted by atomic mass is 32.2. The van der Waals surface area contributed by atoms with E-state index >= 15 is 0 Å². The van der Waals surface area contributed by atoms with Crippen molar-refractivity contribution in [1.82, 2.24) is 0 Å². The Morgan fingerprint density at radius 2 is 1.76 bits per heavy atom. The summed E-state index contributed by atoms with van der Waals surface area (Å²) in [6.45, 7) is 4.14. The number of fused-ring (bicyclic) bond motifs is 1. The molecular formula is C23H23NO4S. The lowest BCUT2D eigenvalue weighted by molar-refractivity contribution is 0.425. The molecule has 3 aromatic carbocycles. The van der Waals surface area contributed by atoms with E-state index in [4.69, 9.17) is 0 Å². The fourth-order valence-corrected chi connectivity index (χ4v) is 4.58. The van der Waals surface area contributed by atoms with Crippen molar-refractivity contribution in [2.75, 3.05) is 5.32 Å². The van der Waals surface area contributed by atoms with Gasteiger partial charge >= 0.3 is 0 Å². The first-order chi connectivity index (χ1) is 13.6. The van der Waals surface area contributed by atoms with E-state index in [-0.39, 0.29) is 22.1 Å². The highest BCUT2D eigenvalue weighted by molar-refractivity contribution is 7.85. The molecule has 4 rings (SSSR count). The molecule has 150 valence electrons. The Kier molecular flexibility index (Phi) is 4.63. The van der Waals surface area contributed by atoms with Gasteiger partial charge in [-0.05, 0) is 58.9 Å². The van der Waals surface area contributed by atoms with Crippen LogP contribution >= 0.6 is 0 Å². The van der Waals surface area contributed by atoms with Crippen LogP contribution in [0.4, 0.5) is 5.69 Å². The SMILES string of the molecule is CC1(C)CC(c2cccc(-c3ccccc3O)c2)Nc2ccc(S(=O)(=O)O)cc21. The molecule has 0 bridgehead atoms. The van der Waals surface area contributed by atoms with E-state index in [0.29, 0.717) is 0 Å². The Morgan fingerprint density at radius 3 is 2.48 bits per heavy atom. The maximum atomic E-state index is 11.5. The second-order valence-electron chi connectivity index (χ2n) is 8.11. The maximum absolute atomic E-state index is 11.5. The van der Waals surface area contributed by atoms with E-state index in [1.165, 1.54) is 6.07 Å². The fourth-order valence-electron chi connectivity index (χ4n) is 4.07. The lowest BCUT2D eigenvalue weighted by Gasteiger charge is -2.39. The van der Waals surface area contributed by atoms with E-state index in [0.717, 1.165) is 34.4 Å². The van der Waals surface area contributed by atoms with E-state index in [1.807, 2.05) is 24.3 Å². The van der Waals surface area contributed by atoms with Gasteiger partial charge in [0.2, 0.25) is 0 Å². The van der Waals surface area contributed by atoms with Crippen molar-refractivity contribution in [3.63, 3.8) is 0 Å². The molecule has 1 atom stereocenters. The monoisotopic (exact) mass is 409 g/mol. The van der Waals surface area contributed by atoms with Crippen molar-refractivity contribution in [2.45, 2.75) is 36.6 Å². The standard InChI is InChI=1S/C23H23NO4S/c1-23(2)14-21(24-20-11-10-17(13-19(20)23)29(26,27)28)16-7-5-6-15(12-16)18-8-3-4-9-22(18)25/h3-13,21,24-25H,14H2,1-2H3,(H,26,27,28). The van der Waals surface area contributed by atoms with Crippen LogP contribution in [0.15, 0.2) is 71.6 Å². The van der Waals surface area contributed by atoms with E-state index in [2.05, 4.69) is 31.3 Å². The van der Waals surface area contributed by atoms with Gasteiger partial charge < -0.3 is 10.4 Å². The summed E-state index contributed by atoms with van der Waals surface area (Å²) in [4.78, 5) is -0.0916. The minimum Gasteiger partial charge on any atom is -0.507 e. The molecule has 0 radical (unpaired) electrons. The van der Waals surface area contributed by atoms with Crippen LogP contribution in [0.3, 0.4) is 0 Å². The van der Waals surface area contributed by atoms with Gasteiger partial charge in [0.15, 0.2) is 0 Å². The Hall–Kier alpha value is -2.83. The van der Waals surface area contributed by atoms with Gasteiger partial charge in [-0.2, -0.15) is 8.42 Å². The van der Waals surface area contributed by atoms with E-state index in [9.17, 15) is 18.1 Å². The van der Waals surface area contributed by atoms with E-state index in [1.54, 1.807) is 24.3 Å². The van der Waals surface area contributed by atoms with Crippen molar-refractivity contribution in [1.29, 1.82) is 0 Å². The molecule has 3 N–H and O–H groups in total. The first-order valence-corrected chi connectivity index (χ1v) is 10.9. The quantitative estimate of drug-likeness (QED) is 0.522. The first kappa shape index (κ1) is 19.5. The van der Waals surface area contributed by atoms with Gasteiger partial charge in [-0.3, -0.25) is 4.55 Å². The van der Waals surface area contributed by atoms with E-state index < -0.39 is 10.1 Å².